The van der Waals surface area contributed by atoms with Gasteiger partial charge in [-0.25, -0.2) is 4.39 Å². The Morgan fingerprint density at radius 2 is 2.50 bits per heavy atom. The van der Waals surface area contributed by atoms with E-state index < -0.39 is 6.17 Å². The van der Waals surface area contributed by atoms with E-state index in [-0.39, 0.29) is 6.04 Å². The van der Waals surface area contributed by atoms with Gasteiger partial charge in [0.15, 0.2) is 0 Å². The largest absolute Gasteiger partial charge is 0.329 e. The van der Waals surface area contributed by atoms with E-state index in [1.54, 1.807) is 0 Å². The molecule has 3 N–H and O–H groups in total. The molecule has 0 aromatic carbocycles. The molecule has 1 aliphatic rings. The van der Waals surface area contributed by atoms with Crippen molar-refractivity contribution in [1.82, 2.24) is 5.32 Å². The molecule has 0 radical (unpaired) electrons. The number of alkyl halides is 1. The molecular formula is C5H11FN2. The van der Waals surface area contributed by atoms with Crippen LogP contribution in [0.1, 0.15) is 6.42 Å². The second-order valence-electron chi connectivity index (χ2n) is 2.10. The molecule has 1 heterocycles. The van der Waals surface area contributed by atoms with E-state index in [1.807, 2.05) is 0 Å². The third-order valence-corrected chi connectivity index (χ3v) is 1.52. The summed E-state index contributed by atoms with van der Waals surface area (Å²) in [6.45, 7) is 1.20. The van der Waals surface area contributed by atoms with Crippen LogP contribution in [0.4, 0.5) is 4.39 Å². The number of hydrogen-bond acceptors (Lipinski definition) is 2. The number of rotatable bonds is 1. The summed E-state index contributed by atoms with van der Waals surface area (Å²) in [7, 11) is 0. The van der Waals surface area contributed by atoms with Crippen LogP contribution in [0.2, 0.25) is 0 Å². The van der Waals surface area contributed by atoms with Gasteiger partial charge in [-0.05, 0) is 13.0 Å². The Kier molecular flexibility index (Phi) is 1.81. The molecule has 0 bridgehead atoms. The quantitative estimate of drug-likeness (QED) is 0.493. The maximum absolute atomic E-state index is 12.4. The Morgan fingerprint density at radius 3 is 2.75 bits per heavy atom. The summed E-state index contributed by atoms with van der Waals surface area (Å²) in [4.78, 5) is 0. The van der Waals surface area contributed by atoms with Crippen LogP contribution in [0.25, 0.3) is 0 Å². The molecule has 2 atom stereocenters. The van der Waals surface area contributed by atoms with Crippen molar-refractivity contribution in [3.05, 3.63) is 0 Å². The van der Waals surface area contributed by atoms with Gasteiger partial charge in [0.25, 0.3) is 0 Å². The van der Waals surface area contributed by atoms with E-state index in [0.29, 0.717) is 13.0 Å². The van der Waals surface area contributed by atoms with E-state index >= 15 is 0 Å². The van der Waals surface area contributed by atoms with Crippen molar-refractivity contribution in [3.63, 3.8) is 0 Å². The molecule has 1 aliphatic heterocycles. The van der Waals surface area contributed by atoms with E-state index in [1.165, 1.54) is 0 Å². The fourth-order valence-electron chi connectivity index (χ4n) is 0.967. The van der Waals surface area contributed by atoms with Gasteiger partial charge in [0.2, 0.25) is 0 Å². The molecule has 0 aliphatic carbocycles. The maximum Gasteiger partial charge on any atom is 0.118 e. The van der Waals surface area contributed by atoms with Crippen LogP contribution in [-0.2, 0) is 0 Å². The van der Waals surface area contributed by atoms with Gasteiger partial charge in [-0.2, -0.15) is 0 Å². The highest BCUT2D eigenvalue weighted by Gasteiger charge is 2.24. The van der Waals surface area contributed by atoms with Gasteiger partial charge < -0.3 is 11.1 Å². The van der Waals surface area contributed by atoms with Crippen molar-refractivity contribution in [2.45, 2.75) is 18.6 Å². The monoisotopic (exact) mass is 118 g/mol. The van der Waals surface area contributed by atoms with Gasteiger partial charge in [-0.15, -0.1) is 0 Å². The van der Waals surface area contributed by atoms with Gasteiger partial charge in [0.05, 0.1) is 6.04 Å². The minimum atomic E-state index is -0.708. The molecule has 0 amide bonds. The van der Waals surface area contributed by atoms with Crippen LogP contribution < -0.4 is 11.1 Å². The van der Waals surface area contributed by atoms with Gasteiger partial charge in [-0.1, -0.05) is 0 Å². The number of halogens is 1. The first kappa shape index (κ1) is 5.98. The van der Waals surface area contributed by atoms with E-state index in [0.717, 1.165) is 6.54 Å². The van der Waals surface area contributed by atoms with Gasteiger partial charge in [-0.3, -0.25) is 0 Å². The Bertz CT molecular complexity index is 76.8. The van der Waals surface area contributed by atoms with Gasteiger partial charge in [0.1, 0.15) is 6.17 Å². The second kappa shape index (κ2) is 2.42. The molecule has 1 rings (SSSR count). The molecule has 0 saturated carbocycles. The zero-order valence-electron chi connectivity index (χ0n) is 4.73. The Hall–Kier alpha value is -0.150. The minimum Gasteiger partial charge on any atom is -0.329 e. The van der Waals surface area contributed by atoms with Crippen molar-refractivity contribution in [2.75, 3.05) is 13.1 Å². The average molecular weight is 118 g/mol. The molecular weight excluding hydrogens is 107 g/mol. The average Bonchev–Trinajstić information content (AvgIpc) is 2.14. The zero-order valence-corrected chi connectivity index (χ0v) is 4.73. The fraction of sp³-hybridized carbons (Fsp3) is 1.00. The third kappa shape index (κ3) is 0.980. The van der Waals surface area contributed by atoms with E-state index in [2.05, 4.69) is 5.32 Å². The highest BCUT2D eigenvalue weighted by Crippen LogP contribution is 2.08. The van der Waals surface area contributed by atoms with Crippen LogP contribution in [0, 0.1) is 0 Å². The Morgan fingerprint density at radius 1 is 1.75 bits per heavy atom. The van der Waals surface area contributed by atoms with Crippen LogP contribution in [0.5, 0.6) is 0 Å². The van der Waals surface area contributed by atoms with Crippen molar-refractivity contribution in [1.29, 1.82) is 0 Å². The van der Waals surface area contributed by atoms with E-state index in [4.69, 9.17) is 5.73 Å². The summed E-state index contributed by atoms with van der Waals surface area (Å²) in [6, 6.07) is -0.0741. The molecule has 48 valence electrons. The minimum absolute atomic E-state index is 0.0741. The summed E-state index contributed by atoms with van der Waals surface area (Å²) in [5.74, 6) is 0. The standard InChI is InChI=1S/C5H11FN2/c6-4-1-2-8-5(4)3-7/h4-5,8H,1-3,7H2. The normalized spacial score (nSPS) is 38.2. The number of hydrogen-bond donors (Lipinski definition) is 2. The smallest absolute Gasteiger partial charge is 0.118 e. The van der Waals surface area contributed by atoms with Gasteiger partial charge >= 0.3 is 0 Å². The van der Waals surface area contributed by atoms with Crippen molar-refractivity contribution >= 4 is 0 Å². The lowest BCUT2D eigenvalue weighted by Crippen LogP contribution is -2.35. The predicted molar refractivity (Wildman–Crippen MR) is 30.4 cm³/mol. The lowest BCUT2D eigenvalue weighted by molar-refractivity contribution is 0.304. The van der Waals surface area contributed by atoms with Crippen LogP contribution in [0.3, 0.4) is 0 Å². The molecule has 3 heteroatoms. The highest BCUT2D eigenvalue weighted by atomic mass is 19.1. The van der Waals surface area contributed by atoms with Crippen molar-refractivity contribution in [2.24, 2.45) is 5.73 Å². The highest BCUT2D eigenvalue weighted by molar-refractivity contribution is 4.83. The van der Waals surface area contributed by atoms with Crippen LogP contribution in [0.15, 0.2) is 0 Å². The molecule has 2 unspecified atom stereocenters. The summed E-state index contributed by atoms with van der Waals surface area (Å²) in [6.07, 6.45) is -0.0815. The summed E-state index contributed by atoms with van der Waals surface area (Å²) >= 11 is 0. The molecule has 2 nitrogen and oxygen atoms in total. The molecule has 0 spiro atoms. The zero-order chi connectivity index (χ0) is 5.98. The lowest BCUT2D eigenvalue weighted by Gasteiger charge is -2.07. The first-order valence-electron chi connectivity index (χ1n) is 2.92. The summed E-state index contributed by atoms with van der Waals surface area (Å²) in [5, 5.41) is 2.96. The fourth-order valence-corrected chi connectivity index (χ4v) is 0.967. The first-order chi connectivity index (χ1) is 3.84. The van der Waals surface area contributed by atoms with Crippen LogP contribution in [-0.4, -0.2) is 25.3 Å². The molecule has 0 aromatic heterocycles. The topological polar surface area (TPSA) is 38.0 Å². The lowest BCUT2D eigenvalue weighted by atomic mass is 10.2. The third-order valence-electron chi connectivity index (χ3n) is 1.52. The molecule has 1 fully saturated rings. The van der Waals surface area contributed by atoms with Crippen LogP contribution >= 0.6 is 0 Å². The molecule has 1 saturated heterocycles. The van der Waals surface area contributed by atoms with Gasteiger partial charge in [0, 0.05) is 6.54 Å². The predicted octanol–water partition coefficient (Wildman–Crippen LogP) is -0.355. The summed E-state index contributed by atoms with van der Waals surface area (Å²) in [5.41, 5.74) is 5.22. The molecule has 8 heavy (non-hydrogen) atoms. The van der Waals surface area contributed by atoms with Crippen molar-refractivity contribution < 1.29 is 4.39 Å². The SMILES string of the molecule is NCC1NCCC1F. The van der Waals surface area contributed by atoms with E-state index in [9.17, 15) is 4.39 Å². The second-order valence-corrected chi connectivity index (χ2v) is 2.10. The Labute approximate surface area is 48.2 Å². The maximum atomic E-state index is 12.4. The number of nitrogens with one attached hydrogen (secondary N) is 1. The molecule has 0 aromatic rings. The first-order valence-corrected chi connectivity index (χ1v) is 2.92. The summed E-state index contributed by atoms with van der Waals surface area (Å²) < 4.78 is 12.4. The van der Waals surface area contributed by atoms with Crippen molar-refractivity contribution in [3.8, 4) is 0 Å². The Balaban J connectivity index is 2.30. The number of nitrogens with two attached hydrogens (primary N) is 1.